The SMILES string of the molecule is CCc1ccc(CCNC(=NC)NC2CCCSC2)cc1. The van der Waals surface area contributed by atoms with Gasteiger partial charge in [0, 0.05) is 25.4 Å². The fourth-order valence-electron chi connectivity index (χ4n) is 2.51. The third-order valence-electron chi connectivity index (χ3n) is 3.86. The first kappa shape index (κ1) is 16.2. The first-order valence-corrected chi connectivity index (χ1v) is 9.10. The van der Waals surface area contributed by atoms with Gasteiger partial charge in [-0.2, -0.15) is 11.8 Å². The Kier molecular flexibility index (Phi) is 6.93. The van der Waals surface area contributed by atoms with Gasteiger partial charge in [0.1, 0.15) is 0 Å². The molecule has 0 saturated carbocycles. The standard InChI is InChI=1S/C17H27N3S/c1-3-14-6-8-15(9-7-14)10-11-19-17(18-2)20-16-5-4-12-21-13-16/h6-9,16H,3-5,10-13H2,1-2H3,(H2,18,19,20). The zero-order chi connectivity index (χ0) is 14.9. The van der Waals surface area contributed by atoms with E-state index >= 15 is 0 Å². The topological polar surface area (TPSA) is 36.4 Å². The molecule has 0 bridgehead atoms. The summed E-state index contributed by atoms with van der Waals surface area (Å²) in [7, 11) is 1.85. The molecule has 1 aromatic carbocycles. The quantitative estimate of drug-likeness (QED) is 0.649. The van der Waals surface area contributed by atoms with Gasteiger partial charge in [-0.1, -0.05) is 31.2 Å². The highest BCUT2D eigenvalue weighted by molar-refractivity contribution is 7.99. The average Bonchev–Trinajstić information content (AvgIpc) is 2.55. The summed E-state index contributed by atoms with van der Waals surface area (Å²) in [5.74, 6) is 3.43. The van der Waals surface area contributed by atoms with E-state index in [-0.39, 0.29) is 0 Å². The minimum atomic E-state index is 0.568. The van der Waals surface area contributed by atoms with Crippen LogP contribution in [0, 0.1) is 0 Å². The lowest BCUT2D eigenvalue weighted by atomic mass is 10.1. The highest BCUT2D eigenvalue weighted by atomic mass is 32.2. The van der Waals surface area contributed by atoms with Crippen molar-refractivity contribution in [1.29, 1.82) is 0 Å². The summed E-state index contributed by atoms with van der Waals surface area (Å²) in [5, 5.41) is 6.95. The molecule has 4 heteroatoms. The van der Waals surface area contributed by atoms with E-state index in [9.17, 15) is 0 Å². The van der Waals surface area contributed by atoms with E-state index in [0.29, 0.717) is 6.04 Å². The van der Waals surface area contributed by atoms with Crippen LogP contribution in [0.1, 0.15) is 30.9 Å². The molecule has 3 nitrogen and oxygen atoms in total. The minimum absolute atomic E-state index is 0.568. The van der Waals surface area contributed by atoms with Crippen molar-refractivity contribution in [2.24, 2.45) is 4.99 Å². The van der Waals surface area contributed by atoms with Crippen LogP contribution in [-0.4, -0.2) is 37.1 Å². The molecule has 116 valence electrons. The van der Waals surface area contributed by atoms with Gasteiger partial charge in [-0.05, 0) is 42.6 Å². The fourth-order valence-corrected chi connectivity index (χ4v) is 3.58. The van der Waals surface area contributed by atoms with Gasteiger partial charge in [0.15, 0.2) is 5.96 Å². The molecule has 0 aromatic heterocycles. The van der Waals surface area contributed by atoms with Crippen LogP contribution >= 0.6 is 11.8 Å². The molecule has 1 saturated heterocycles. The molecule has 1 fully saturated rings. The molecule has 0 spiro atoms. The smallest absolute Gasteiger partial charge is 0.191 e. The van der Waals surface area contributed by atoms with Gasteiger partial charge in [0.2, 0.25) is 0 Å². The Labute approximate surface area is 133 Å². The Hall–Kier alpha value is -1.16. The highest BCUT2D eigenvalue weighted by Gasteiger charge is 2.14. The van der Waals surface area contributed by atoms with Gasteiger partial charge in [0.05, 0.1) is 0 Å². The molecule has 1 heterocycles. The Morgan fingerprint density at radius 3 is 2.67 bits per heavy atom. The molecule has 0 aliphatic carbocycles. The largest absolute Gasteiger partial charge is 0.356 e. The lowest BCUT2D eigenvalue weighted by molar-refractivity contribution is 0.582. The summed E-state index contributed by atoms with van der Waals surface area (Å²) < 4.78 is 0. The normalized spacial score (nSPS) is 19.3. The molecule has 0 radical (unpaired) electrons. The predicted molar refractivity (Wildman–Crippen MR) is 94.4 cm³/mol. The molecule has 1 atom stereocenters. The Bertz CT molecular complexity index is 436. The van der Waals surface area contributed by atoms with Crippen molar-refractivity contribution >= 4 is 17.7 Å². The van der Waals surface area contributed by atoms with Crippen molar-refractivity contribution < 1.29 is 0 Å². The second-order valence-electron chi connectivity index (χ2n) is 5.48. The van der Waals surface area contributed by atoms with E-state index in [1.54, 1.807) is 0 Å². The maximum absolute atomic E-state index is 4.33. The molecule has 2 rings (SSSR count). The molecule has 1 unspecified atom stereocenters. The maximum atomic E-state index is 4.33. The number of benzene rings is 1. The molecule has 2 N–H and O–H groups in total. The van der Waals surface area contributed by atoms with Crippen molar-refractivity contribution in [2.45, 2.75) is 38.6 Å². The molecule has 1 aliphatic heterocycles. The van der Waals surface area contributed by atoms with Gasteiger partial charge >= 0.3 is 0 Å². The second kappa shape index (κ2) is 8.98. The van der Waals surface area contributed by atoms with E-state index in [2.05, 4.69) is 46.8 Å². The molecule has 0 amide bonds. The van der Waals surface area contributed by atoms with Gasteiger partial charge in [-0.25, -0.2) is 0 Å². The van der Waals surface area contributed by atoms with Gasteiger partial charge in [-0.3, -0.25) is 4.99 Å². The number of guanidine groups is 1. The maximum Gasteiger partial charge on any atom is 0.191 e. The first-order chi connectivity index (χ1) is 10.3. The average molecular weight is 305 g/mol. The van der Waals surface area contributed by atoms with Crippen LogP contribution in [0.5, 0.6) is 0 Å². The monoisotopic (exact) mass is 305 g/mol. The summed E-state index contributed by atoms with van der Waals surface area (Å²) in [5.41, 5.74) is 2.78. The molecule has 1 aromatic rings. The fraction of sp³-hybridized carbons (Fsp3) is 0.588. The number of hydrogen-bond donors (Lipinski definition) is 2. The highest BCUT2D eigenvalue weighted by Crippen LogP contribution is 2.16. The first-order valence-electron chi connectivity index (χ1n) is 7.94. The Balaban J connectivity index is 1.72. The number of rotatable bonds is 5. The third-order valence-corrected chi connectivity index (χ3v) is 5.08. The summed E-state index contributed by atoms with van der Waals surface area (Å²) in [6, 6.07) is 9.48. The zero-order valence-corrected chi connectivity index (χ0v) is 14.0. The summed E-state index contributed by atoms with van der Waals surface area (Å²) >= 11 is 2.03. The zero-order valence-electron chi connectivity index (χ0n) is 13.2. The molecular formula is C17H27N3S. The van der Waals surface area contributed by atoms with Crippen LogP contribution in [0.15, 0.2) is 29.3 Å². The number of aliphatic imine (C=N–C) groups is 1. The lowest BCUT2D eigenvalue weighted by Crippen LogP contribution is -2.46. The summed E-state index contributed by atoms with van der Waals surface area (Å²) in [6.07, 6.45) is 4.70. The van der Waals surface area contributed by atoms with E-state index < -0.39 is 0 Å². The van der Waals surface area contributed by atoms with Crippen molar-refractivity contribution in [2.75, 3.05) is 25.1 Å². The Morgan fingerprint density at radius 2 is 2.05 bits per heavy atom. The van der Waals surface area contributed by atoms with Gasteiger partial charge in [-0.15, -0.1) is 0 Å². The van der Waals surface area contributed by atoms with E-state index in [0.717, 1.165) is 25.3 Å². The van der Waals surface area contributed by atoms with Crippen LogP contribution in [0.4, 0.5) is 0 Å². The number of aryl methyl sites for hydroxylation is 1. The Morgan fingerprint density at radius 1 is 1.29 bits per heavy atom. The number of nitrogens with zero attached hydrogens (tertiary/aromatic N) is 1. The second-order valence-corrected chi connectivity index (χ2v) is 6.63. The molecular weight excluding hydrogens is 278 g/mol. The van der Waals surface area contributed by atoms with E-state index in [1.807, 2.05) is 18.8 Å². The number of nitrogens with one attached hydrogen (secondary N) is 2. The van der Waals surface area contributed by atoms with Crippen molar-refractivity contribution in [3.05, 3.63) is 35.4 Å². The van der Waals surface area contributed by atoms with Crippen LogP contribution in [0.2, 0.25) is 0 Å². The van der Waals surface area contributed by atoms with E-state index in [4.69, 9.17) is 0 Å². The number of thioether (sulfide) groups is 1. The van der Waals surface area contributed by atoms with Crippen LogP contribution in [0.25, 0.3) is 0 Å². The van der Waals surface area contributed by atoms with Crippen LogP contribution in [0.3, 0.4) is 0 Å². The summed E-state index contributed by atoms with van der Waals surface area (Å²) in [6.45, 7) is 3.11. The molecule has 1 aliphatic rings. The van der Waals surface area contributed by atoms with Crippen molar-refractivity contribution in [1.82, 2.24) is 10.6 Å². The third kappa shape index (κ3) is 5.62. The summed E-state index contributed by atoms with van der Waals surface area (Å²) in [4.78, 5) is 4.33. The molecule has 21 heavy (non-hydrogen) atoms. The van der Waals surface area contributed by atoms with Gasteiger partial charge in [0.25, 0.3) is 0 Å². The van der Waals surface area contributed by atoms with Crippen LogP contribution < -0.4 is 10.6 Å². The van der Waals surface area contributed by atoms with Crippen LogP contribution in [-0.2, 0) is 12.8 Å². The number of hydrogen-bond acceptors (Lipinski definition) is 2. The van der Waals surface area contributed by atoms with Gasteiger partial charge < -0.3 is 10.6 Å². The lowest BCUT2D eigenvalue weighted by Gasteiger charge is -2.24. The van der Waals surface area contributed by atoms with Crippen molar-refractivity contribution in [3.8, 4) is 0 Å². The predicted octanol–water partition coefficient (Wildman–Crippen LogP) is 2.85. The van der Waals surface area contributed by atoms with E-state index in [1.165, 1.54) is 35.5 Å². The van der Waals surface area contributed by atoms with Crippen molar-refractivity contribution in [3.63, 3.8) is 0 Å². The minimum Gasteiger partial charge on any atom is -0.356 e.